The molecule has 6 rings (SSSR count). The summed E-state index contributed by atoms with van der Waals surface area (Å²) in [6.07, 6.45) is 8.48. The number of nitrogens with zero attached hydrogens (tertiary/aromatic N) is 6. The number of aromatic nitrogens is 2. The van der Waals surface area contributed by atoms with Crippen molar-refractivity contribution in [1.82, 2.24) is 29.8 Å². The van der Waals surface area contributed by atoms with Crippen LogP contribution in [0.4, 0.5) is 10.5 Å². The van der Waals surface area contributed by atoms with Crippen molar-refractivity contribution in [2.75, 3.05) is 39.3 Å². The highest BCUT2D eigenvalue weighted by atomic mass is 16.3. The normalized spacial score (nSPS) is 27.5. The molecule has 192 valence electrons. The molecule has 1 spiro atoms. The number of urea groups is 1. The second kappa shape index (κ2) is 9.19. The molecule has 3 aliphatic heterocycles. The number of nitrogens with one attached hydrogen (secondary N) is 1. The molecular formula is C27H37N7O2. The second-order valence-electron chi connectivity index (χ2n) is 11.1. The number of aliphatic hydroxyl groups is 1. The van der Waals surface area contributed by atoms with Gasteiger partial charge < -0.3 is 25.1 Å². The number of carbonyl (C=O) groups excluding carboxylic acids is 1. The number of aryl methyl sites for hydroxylation is 1. The van der Waals surface area contributed by atoms with E-state index in [1.54, 1.807) is 4.68 Å². The van der Waals surface area contributed by atoms with Crippen molar-refractivity contribution in [1.29, 1.82) is 0 Å². The molecule has 1 unspecified atom stereocenters. The maximum atomic E-state index is 13.9. The monoisotopic (exact) mass is 491 g/mol. The van der Waals surface area contributed by atoms with Crippen molar-refractivity contribution in [3.63, 3.8) is 0 Å². The number of β-amino-alcohol motifs (C(OH)–C–C–N with tert-alkyl or cyclic N) is 1. The second-order valence-corrected chi connectivity index (χ2v) is 11.1. The molecule has 0 bridgehead atoms. The standard InChI is InChI=1S/C27H37N7O2/c1-31-16-22-23(30-31)17-32(20-29-22)19-27(36)11-13-33(18-26(27)9-5-6-10-26)25(35)34-14-12-28-15-24(34)21-7-3-2-4-8-21/h2-4,7-8,16,20,24,28,36H,5-6,9-15,17-19H2,1H3/t24-,27?/m0/s1. The number of hydrogen-bond acceptors (Lipinski definition) is 6. The molecule has 1 aromatic carbocycles. The molecule has 4 aliphatic rings. The molecule has 4 heterocycles. The molecule has 0 radical (unpaired) electrons. The van der Waals surface area contributed by atoms with Crippen LogP contribution in [0, 0.1) is 5.41 Å². The summed E-state index contributed by atoms with van der Waals surface area (Å²) in [6.45, 7) is 4.64. The Kier molecular flexibility index (Phi) is 6.00. The van der Waals surface area contributed by atoms with Crippen LogP contribution in [0.5, 0.6) is 0 Å². The Bertz CT molecular complexity index is 1130. The summed E-state index contributed by atoms with van der Waals surface area (Å²) >= 11 is 0. The zero-order valence-electron chi connectivity index (χ0n) is 21.1. The third-order valence-corrected chi connectivity index (χ3v) is 8.84. The van der Waals surface area contributed by atoms with Crippen LogP contribution in [-0.2, 0) is 13.6 Å². The Balaban J connectivity index is 1.20. The number of hydrogen-bond donors (Lipinski definition) is 2. The SMILES string of the molecule is Cn1cc2c(n1)CN(CC1(O)CCN(C(=O)N3CCNC[C@H]3c3ccccc3)CC13CCCC3)C=N2. The van der Waals surface area contributed by atoms with Gasteiger partial charge in [-0.1, -0.05) is 43.2 Å². The first-order chi connectivity index (χ1) is 17.5. The van der Waals surface area contributed by atoms with Gasteiger partial charge in [0.15, 0.2) is 0 Å². The summed E-state index contributed by atoms with van der Waals surface area (Å²) in [5, 5.41) is 20.2. The molecule has 1 aromatic heterocycles. The van der Waals surface area contributed by atoms with Gasteiger partial charge in [0.1, 0.15) is 11.4 Å². The molecule has 1 saturated carbocycles. The molecule has 9 heteroatoms. The molecule has 2 amide bonds. The highest BCUT2D eigenvalue weighted by Gasteiger charge is 2.56. The lowest BCUT2D eigenvalue weighted by atomic mass is 9.65. The molecule has 2 atom stereocenters. The van der Waals surface area contributed by atoms with Crippen LogP contribution in [-0.4, -0.2) is 86.8 Å². The number of benzene rings is 1. The fourth-order valence-corrected chi connectivity index (χ4v) is 6.90. The molecular weight excluding hydrogens is 454 g/mol. The number of piperazine rings is 1. The smallest absolute Gasteiger partial charge is 0.320 e. The van der Waals surface area contributed by atoms with Crippen LogP contribution in [0.15, 0.2) is 41.5 Å². The predicted octanol–water partition coefficient (Wildman–Crippen LogP) is 2.66. The van der Waals surface area contributed by atoms with E-state index in [1.165, 1.54) is 5.56 Å². The summed E-state index contributed by atoms with van der Waals surface area (Å²) in [7, 11) is 1.91. The average Bonchev–Trinajstić information content (AvgIpc) is 3.52. The zero-order valence-corrected chi connectivity index (χ0v) is 21.1. The fourth-order valence-electron chi connectivity index (χ4n) is 6.90. The number of rotatable bonds is 3. The van der Waals surface area contributed by atoms with Gasteiger partial charge in [0, 0.05) is 51.7 Å². The fraction of sp³-hybridized carbons (Fsp3) is 0.593. The Labute approximate surface area is 212 Å². The zero-order chi connectivity index (χ0) is 24.8. The van der Waals surface area contributed by atoms with Gasteiger partial charge in [-0.3, -0.25) is 4.68 Å². The van der Waals surface area contributed by atoms with Crippen molar-refractivity contribution < 1.29 is 9.90 Å². The van der Waals surface area contributed by atoms with Crippen molar-refractivity contribution >= 4 is 18.1 Å². The summed E-state index contributed by atoms with van der Waals surface area (Å²) in [6, 6.07) is 10.5. The molecule has 2 N–H and O–H groups in total. The van der Waals surface area contributed by atoms with Gasteiger partial charge >= 0.3 is 6.03 Å². The van der Waals surface area contributed by atoms with Gasteiger partial charge in [-0.25, -0.2) is 9.79 Å². The Morgan fingerprint density at radius 1 is 1.17 bits per heavy atom. The van der Waals surface area contributed by atoms with Gasteiger partial charge in [0.25, 0.3) is 0 Å². The minimum absolute atomic E-state index is 0.0323. The number of carbonyl (C=O) groups is 1. The molecule has 36 heavy (non-hydrogen) atoms. The van der Waals surface area contributed by atoms with Crippen molar-refractivity contribution in [2.24, 2.45) is 17.5 Å². The number of piperidine rings is 1. The first kappa shape index (κ1) is 23.5. The van der Waals surface area contributed by atoms with E-state index < -0.39 is 5.60 Å². The first-order valence-corrected chi connectivity index (χ1v) is 13.3. The van der Waals surface area contributed by atoms with Crippen molar-refractivity contribution in [3.05, 3.63) is 47.8 Å². The van der Waals surface area contributed by atoms with E-state index in [2.05, 4.69) is 32.4 Å². The summed E-state index contributed by atoms with van der Waals surface area (Å²) in [5.74, 6) is 0. The van der Waals surface area contributed by atoms with Crippen molar-refractivity contribution in [3.8, 4) is 0 Å². The Morgan fingerprint density at radius 2 is 1.97 bits per heavy atom. The Hall–Kier alpha value is -2.91. The Morgan fingerprint density at radius 3 is 2.78 bits per heavy atom. The van der Waals surface area contributed by atoms with Gasteiger partial charge in [-0.05, 0) is 24.8 Å². The largest absolute Gasteiger partial charge is 0.387 e. The molecule has 3 fully saturated rings. The molecule has 1 aliphatic carbocycles. The number of amides is 2. The number of aliphatic imine (C=N–C) groups is 1. The van der Waals surface area contributed by atoms with Gasteiger partial charge in [0.2, 0.25) is 0 Å². The summed E-state index contributed by atoms with van der Waals surface area (Å²) < 4.78 is 1.79. The maximum Gasteiger partial charge on any atom is 0.320 e. The lowest BCUT2D eigenvalue weighted by Crippen LogP contribution is -2.65. The third-order valence-electron chi connectivity index (χ3n) is 8.84. The lowest BCUT2D eigenvalue weighted by Gasteiger charge is -2.54. The third kappa shape index (κ3) is 4.08. The van der Waals surface area contributed by atoms with E-state index in [0.29, 0.717) is 39.1 Å². The summed E-state index contributed by atoms with van der Waals surface area (Å²) in [5.41, 5.74) is 1.87. The van der Waals surface area contributed by atoms with E-state index in [0.717, 1.165) is 50.2 Å². The topological polar surface area (TPSA) is 89.2 Å². The van der Waals surface area contributed by atoms with Crippen LogP contribution in [0.25, 0.3) is 0 Å². The maximum absolute atomic E-state index is 13.9. The van der Waals surface area contributed by atoms with Crippen LogP contribution >= 0.6 is 0 Å². The molecule has 9 nitrogen and oxygen atoms in total. The van der Waals surface area contributed by atoms with Crippen LogP contribution in [0.1, 0.15) is 49.4 Å². The van der Waals surface area contributed by atoms with Gasteiger partial charge in [0.05, 0.1) is 30.7 Å². The van der Waals surface area contributed by atoms with Gasteiger partial charge in [-0.15, -0.1) is 0 Å². The van der Waals surface area contributed by atoms with E-state index >= 15 is 0 Å². The van der Waals surface area contributed by atoms with Crippen LogP contribution in [0.2, 0.25) is 0 Å². The van der Waals surface area contributed by atoms with Crippen molar-refractivity contribution in [2.45, 2.75) is 50.3 Å². The first-order valence-electron chi connectivity index (χ1n) is 13.3. The highest BCUT2D eigenvalue weighted by Crippen LogP contribution is 2.51. The van der Waals surface area contributed by atoms with E-state index in [9.17, 15) is 9.90 Å². The quantitative estimate of drug-likeness (QED) is 0.689. The predicted molar refractivity (Wildman–Crippen MR) is 138 cm³/mol. The average molecular weight is 492 g/mol. The van der Waals surface area contributed by atoms with Gasteiger partial charge in [-0.2, -0.15) is 5.10 Å². The van der Waals surface area contributed by atoms with E-state index in [-0.39, 0.29) is 17.5 Å². The lowest BCUT2D eigenvalue weighted by molar-refractivity contribution is -0.134. The van der Waals surface area contributed by atoms with Crippen LogP contribution in [0.3, 0.4) is 0 Å². The van der Waals surface area contributed by atoms with Crippen LogP contribution < -0.4 is 5.32 Å². The minimum atomic E-state index is -0.860. The molecule has 2 saturated heterocycles. The molecule has 2 aromatic rings. The summed E-state index contributed by atoms with van der Waals surface area (Å²) in [4.78, 5) is 24.7. The highest BCUT2D eigenvalue weighted by molar-refractivity contribution is 5.75. The number of likely N-dealkylation sites (tertiary alicyclic amines) is 1. The number of fused-ring (bicyclic) bond motifs is 1. The van der Waals surface area contributed by atoms with E-state index in [4.69, 9.17) is 0 Å². The van der Waals surface area contributed by atoms with E-state index in [1.807, 2.05) is 47.6 Å². The minimum Gasteiger partial charge on any atom is -0.387 e.